The summed E-state index contributed by atoms with van der Waals surface area (Å²) in [5, 5.41) is 9.66. The Hall–Kier alpha value is -1.24. The molecule has 4 atom stereocenters. The molecular weight excluding hydrogens is 268 g/mol. The van der Waals surface area contributed by atoms with Crippen LogP contribution in [0.2, 0.25) is 0 Å². The molecule has 1 fully saturated rings. The molecule has 1 N–H and O–H groups in total. The van der Waals surface area contributed by atoms with Gasteiger partial charge >= 0.3 is 0 Å². The Bertz CT molecular complexity index is 532. The average molecular weight is 298 g/mol. The highest BCUT2D eigenvalue weighted by Gasteiger charge is 2.37. The lowest BCUT2D eigenvalue weighted by atomic mass is 9.61. The first-order chi connectivity index (χ1) is 10.5. The van der Waals surface area contributed by atoms with Gasteiger partial charge in [0.2, 0.25) is 0 Å². The van der Waals surface area contributed by atoms with Crippen molar-refractivity contribution in [2.24, 2.45) is 23.2 Å². The van der Waals surface area contributed by atoms with Crippen molar-refractivity contribution in [2.75, 3.05) is 0 Å². The number of hydrogen-bond donors (Lipinski definition) is 1. The van der Waals surface area contributed by atoms with E-state index in [0.29, 0.717) is 11.2 Å². The van der Waals surface area contributed by atoms with Crippen LogP contribution in [0.3, 0.4) is 0 Å². The van der Waals surface area contributed by atoms with E-state index < -0.39 is 0 Å². The predicted molar refractivity (Wildman–Crippen MR) is 92.9 cm³/mol. The second kappa shape index (κ2) is 6.48. The second-order valence-corrected chi connectivity index (χ2v) is 8.06. The highest BCUT2D eigenvalue weighted by Crippen LogP contribution is 2.48. The summed E-state index contributed by atoms with van der Waals surface area (Å²) in [6.45, 7) is 4.88. The Balaban J connectivity index is 1.66. The van der Waals surface area contributed by atoms with E-state index in [0.717, 1.165) is 24.2 Å². The van der Waals surface area contributed by atoms with Crippen molar-refractivity contribution in [1.82, 2.24) is 0 Å². The number of allylic oxidation sites excluding steroid dienone is 2. The van der Waals surface area contributed by atoms with Gasteiger partial charge in [-0.1, -0.05) is 51.0 Å². The molecule has 0 spiro atoms. The predicted octanol–water partition coefficient (Wildman–Crippen LogP) is 5.73. The lowest BCUT2D eigenvalue weighted by Gasteiger charge is -2.43. The molecule has 22 heavy (non-hydrogen) atoms. The number of benzene rings is 1. The molecule has 1 aromatic rings. The fourth-order valence-electron chi connectivity index (χ4n) is 4.87. The largest absolute Gasteiger partial charge is 0.508 e. The number of hydrogen-bond acceptors (Lipinski definition) is 1. The minimum absolute atomic E-state index is 0.404. The maximum atomic E-state index is 9.66. The van der Waals surface area contributed by atoms with Crippen LogP contribution in [0.4, 0.5) is 0 Å². The van der Waals surface area contributed by atoms with E-state index >= 15 is 0 Å². The fraction of sp³-hybridized carbons (Fsp3) is 0.619. The van der Waals surface area contributed by atoms with E-state index in [1.54, 1.807) is 6.07 Å². The van der Waals surface area contributed by atoms with Crippen molar-refractivity contribution in [3.8, 4) is 5.75 Å². The monoisotopic (exact) mass is 298 g/mol. The Kier molecular flexibility index (Phi) is 4.61. The van der Waals surface area contributed by atoms with E-state index in [4.69, 9.17) is 0 Å². The van der Waals surface area contributed by atoms with Crippen LogP contribution in [0.25, 0.3) is 0 Å². The van der Waals surface area contributed by atoms with Crippen molar-refractivity contribution in [1.29, 1.82) is 0 Å². The summed E-state index contributed by atoms with van der Waals surface area (Å²) in [6.07, 6.45) is 14.1. The molecule has 1 heteroatoms. The fourth-order valence-corrected chi connectivity index (χ4v) is 4.87. The van der Waals surface area contributed by atoms with Gasteiger partial charge in [-0.15, -0.1) is 0 Å². The Labute approximate surface area is 135 Å². The third-order valence-electron chi connectivity index (χ3n) is 5.98. The minimum atomic E-state index is 0.404. The zero-order valence-electron chi connectivity index (χ0n) is 14.1. The van der Waals surface area contributed by atoms with E-state index in [1.807, 2.05) is 12.1 Å². The summed E-state index contributed by atoms with van der Waals surface area (Å²) in [7, 11) is 0. The van der Waals surface area contributed by atoms with Crippen molar-refractivity contribution in [3.63, 3.8) is 0 Å². The Morgan fingerprint density at radius 1 is 1.27 bits per heavy atom. The van der Waals surface area contributed by atoms with Gasteiger partial charge in [-0.2, -0.15) is 0 Å². The Morgan fingerprint density at radius 2 is 2.14 bits per heavy atom. The van der Waals surface area contributed by atoms with Crippen molar-refractivity contribution < 1.29 is 5.11 Å². The number of aromatic hydroxyl groups is 1. The van der Waals surface area contributed by atoms with E-state index in [1.165, 1.54) is 44.1 Å². The first kappa shape index (κ1) is 15.6. The van der Waals surface area contributed by atoms with Gasteiger partial charge in [-0.05, 0) is 73.0 Å². The molecule has 0 amide bonds. The minimum Gasteiger partial charge on any atom is -0.508 e. The van der Waals surface area contributed by atoms with E-state index in [9.17, 15) is 5.11 Å². The summed E-state index contributed by atoms with van der Waals surface area (Å²) < 4.78 is 0. The molecular formula is C21H30O. The van der Waals surface area contributed by atoms with Crippen LogP contribution in [0.1, 0.15) is 57.9 Å². The van der Waals surface area contributed by atoms with Crippen LogP contribution in [0, 0.1) is 23.2 Å². The molecule has 3 rings (SSSR count). The highest BCUT2D eigenvalue weighted by atomic mass is 16.3. The number of rotatable bonds is 3. The van der Waals surface area contributed by atoms with Gasteiger partial charge in [0.1, 0.15) is 5.75 Å². The smallest absolute Gasteiger partial charge is 0.115 e. The van der Waals surface area contributed by atoms with Crippen molar-refractivity contribution in [2.45, 2.75) is 58.8 Å². The van der Waals surface area contributed by atoms with Crippen molar-refractivity contribution in [3.05, 3.63) is 42.0 Å². The van der Waals surface area contributed by atoms with Crippen LogP contribution in [0.15, 0.2) is 36.4 Å². The summed E-state index contributed by atoms with van der Waals surface area (Å²) in [6, 6.07) is 7.84. The first-order valence-corrected chi connectivity index (χ1v) is 9.01. The molecule has 0 heterocycles. The number of phenols is 1. The molecule has 2 aliphatic carbocycles. The van der Waals surface area contributed by atoms with Gasteiger partial charge in [-0.3, -0.25) is 0 Å². The lowest BCUT2D eigenvalue weighted by Crippen LogP contribution is -2.33. The maximum absolute atomic E-state index is 9.66. The van der Waals surface area contributed by atoms with Crippen LogP contribution in [-0.2, 0) is 6.42 Å². The standard InChI is InChI=1S/C21H30O/c1-16-6-5-11-21(2,15-16)19-9-3-7-17(13-19)12-18-8-4-10-20(22)14-18/h4-5,8,10-11,14,16-17,19,22H,3,6-7,9,12-13,15H2,1-2H3. The number of phenolic OH excluding ortho intramolecular Hbond substituents is 1. The zero-order valence-corrected chi connectivity index (χ0v) is 14.1. The average Bonchev–Trinajstić information content (AvgIpc) is 2.47. The Morgan fingerprint density at radius 3 is 2.91 bits per heavy atom. The quantitative estimate of drug-likeness (QED) is 0.706. The van der Waals surface area contributed by atoms with Crippen LogP contribution in [0.5, 0.6) is 5.75 Å². The normalized spacial score (nSPS) is 35.5. The highest BCUT2D eigenvalue weighted by molar-refractivity contribution is 5.27. The molecule has 0 aliphatic heterocycles. The van der Waals surface area contributed by atoms with Gasteiger partial charge in [0.15, 0.2) is 0 Å². The van der Waals surface area contributed by atoms with Crippen LogP contribution in [-0.4, -0.2) is 5.11 Å². The van der Waals surface area contributed by atoms with Gasteiger partial charge in [0.05, 0.1) is 0 Å². The molecule has 0 radical (unpaired) electrons. The topological polar surface area (TPSA) is 20.2 Å². The molecule has 0 aromatic heterocycles. The molecule has 120 valence electrons. The summed E-state index contributed by atoms with van der Waals surface area (Å²) in [5.74, 6) is 2.85. The zero-order chi connectivity index (χ0) is 15.6. The second-order valence-electron chi connectivity index (χ2n) is 8.06. The molecule has 4 unspecified atom stereocenters. The van der Waals surface area contributed by atoms with Gasteiger partial charge in [0, 0.05) is 0 Å². The van der Waals surface area contributed by atoms with Crippen molar-refractivity contribution >= 4 is 0 Å². The summed E-state index contributed by atoms with van der Waals surface area (Å²) in [4.78, 5) is 0. The molecule has 0 bridgehead atoms. The maximum Gasteiger partial charge on any atom is 0.115 e. The SMILES string of the molecule is CC1CC=CC(C)(C2CCCC(Cc3cccc(O)c3)C2)C1. The summed E-state index contributed by atoms with van der Waals surface area (Å²) >= 11 is 0. The van der Waals surface area contributed by atoms with E-state index in [-0.39, 0.29) is 0 Å². The van der Waals surface area contributed by atoms with Gasteiger partial charge in [0.25, 0.3) is 0 Å². The molecule has 1 saturated carbocycles. The molecule has 1 nitrogen and oxygen atoms in total. The lowest BCUT2D eigenvalue weighted by molar-refractivity contribution is 0.119. The van der Waals surface area contributed by atoms with Gasteiger partial charge in [-0.25, -0.2) is 0 Å². The molecule has 0 saturated heterocycles. The van der Waals surface area contributed by atoms with Crippen LogP contribution < -0.4 is 0 Å². The third-order valence-corrected chi connectivity index (χ3v) is 5.98. The van der Waals surface area contributed by atoms with E-state index in [2.05, 4.69) is 32.1 Å². The first-order valence-electron chi connectivity index (χ1n) is 9.01. The third kappa shape index (κ3) is 3.56. The van der Waals surface area contributed by atoms with Crippen LogP contribution >= 0.6 is 0 Å². The molecule has 1 aromatic carbocycles. The summed E-state index contributed by atoms with van der Waals surface area (Å²) in [5.41, 5.74) is 1.71. The van der Waals surface area contributed by atoms with Gasteiger partial charge < -0.3 is 5.11 Å². The molecule has 2 aliphatic rings.